The van der Waals surface area contributed by atoms with E-state index in [1.54, 1.807) is 0 Å². The molecule has 0 spiro atoms. The Balaban J connectivity index is 1.51. The van der Waals surface area contributed by atoms with Crippen molar-refractivity contribution in [3.8, 4) is 11.5 Å². The molecule has 5 nitrogen and oxygen atoms in total. The van der Waals surface area contributed by atoms with Crippen LogP contribution in [0.15, 0.2) is 47.0 Å². The zero-order valence-corrected chi connectivity index (χ0v) is 14.2. The smallest absolute Gasteiger partial charge is 0.151 e. The van der Waals surface area contributed by atoms with E-state index in [4.69, 9.17) is 9.40 Å². The SMILES string of the molecule is CN1CCC(c2ncc3[nH]c(-c4cc5ccccc5o4)cc3n2)CC1. The molecule has 126 valence electrons. The van der Waals surface area contributed by atoms with Gasteiger partial charge in [-0.15, -0.1) is 0 Å². The lowest BCUT2D eigenvalue weighted by Crippen LogP contribution is -2.29. The van der Waals surface area contributed by atoms with Gasteiger partial charge in [0.05, 0.1) is 22.9 Å². The van der Waals surface area contributed by atoms with E-state index in [0.29, 0.717) is 5.92 Å². The fourth-order valence-electron chi connectivity index (χ4n) is 3.64. The molecule has 1 saturated heterocycles. The third-order valence-electron chi connectivity index (χ3n) is 5.16. The predicted molar refractivity (Wildman–Crippen MR) is 98.6 cm³/mol. The number of nitrogens with zero attached hydrogens (tertiary/aromatic N) is 3. The van der Waals surface area contributed by atoms with Crippen LogP contribution in [0.3, 0.4) is 0 Å². The summed E-state index contributed by atoms with van der Waals surface area (Å²) in [5, 5.41) is 1.11. The van der Waals surface area contributed by atoms with E-state index in [-0.39, 0.29) is 0 Å². The largest absolute Gasteiger partial charge is 0.455 e. The van der Waals surface area contributed by atoms with Gasteiger partial charge in [-0.1, -0.05) is 18.2 Å². The Bertz CT molecular complexity index is 1010. The van der Waals surface area contributed by atoms with Crippen LogP contribution >= 0.6 is 0 Å². The number of furan rings is 1. The minimum Gasteiger partial charge on any atom is -0.455 e. The van der Waals surface area contributed by atoms with Crippen molar-refractivity contribution in [2.45, 2.75) is 18.8 Å². The second-order valence-corrected chi connectivity index (χ2v) is 6.94. The molecule has 3 aromatic heterocycles. The number of nitrogens with one attached hydrogen (secondary N) is 1. The molecule has 4 heterocycles. The van der Waals surface area contributed by atoms with Gasteiger partial charge in [0.2, 0.25) is 0 Å². The highest BCUT2D eigenvalue weighted by atomic mass is 16.3. The summed E-state index contributed by atoms with van der Waals surface area (Å²) in [5.41, 5.74) is 3.75. The number of aromatic amines is 1. The molecule has 0 atom stereocenters. The number of likely N-dealkylation sites (tertiary alicyclic amines) is 1. The summed E-state index contributed by atoms with van der Waals surface area (Å²) in [5.74, 6) is 2.26. The molecule has 1 fully saturated rings. The van der Waals surface area contributed by atoms with E-state index in [1.165, 1.54) is 0 Å². The van der Waals surface area contributed by atoms with E-state index < -0.39 is 0 Å². The van der Waals surface area contributed by atoms with Gasteiger partial charge in [0.15, 0.2) is 5.76 Å². The van der Waals surface area contributed by atoms with Crippen molar-refractivity contribution in [2.75, 3.05) is 20.1 Å². The molecular weight excluding hydrogens is 312 g/mol. The van der Waals surface area contributed by atoms with Gasteiger partial charge < -0.3 is 14.3 Å². The van der Waals surface area contributed by atoms with Gasteiger partial charge in [0, 0.05) is 11.3 Å². The monoisotopic (exact) mass is 332 g/mol. The van der Waals surface area contributed by atoms with Crippen molar-refractivity contribution < 1.29 is 4.42 Å². The molecule has 0 radical (unpaired) electrons. The van der Waals surface area contributed by atoms with Crippen LogP contribution in [-0.2, 0) is 0 Å². The fraction of sp³-hybridized carbons (Fsp3) is 0.300. The molecule has 1 aromatic carbocycles. The Kier molecular flexibility index (Phi) is 3.35. The van der Waals surface area contributed by atoms with E-state index in [9.17, 15) is 0 Å². The van der Waals surface area contributed by atoms with Gasteiger partial charge >= 0.3 is 0 Å². The second kappa shape index (κ2) is 5.70. The molecule has 0 unspecified atom stereocenters. The Hall–Kier alpha value is -2.66. The van der Waals surface area contributed by atoms with Gasteiger partial charge in [0.25, 0.3) is 0 Å². The number of hydrogen-bond acceptors (Lipinski definition) is 4. The van der Waals surface area contributed by atoms with E-state index in [2.05, 4.69) is 40.1 Å². The Morgan fingerprint density at radius 2 is 2.00 bits per heavy atom. The molecular formula is C20H20N4O. The summed E-state index contributed by atoms with van der Waals surface area (Å²) in [6, 6.07) is 12.2. The average Bonchev–Trinajstić information content (AvgIpc) is 3.25. The van der Waals surface area contributed by atoms with Gasteiger partial charge in [-0.3, -0.25) is 0 Å². The average molecular weight is 332 g/mol. The number of aromatic nitrogens is 3. The van der Waals surface area contributed by atoms with Gasteiger partial charge in [-0.25, -0.2) is 9.97 Å². The van der Waals surface area contributed by atoms with Crippen LogP contribution in [0.25, 0.3) is 33.5 Å². The Labute approximate surface area is 145 Å². The van der Waals surface area contributed by atoms with Crippen molar-refractivity contribution in [3.63, 3.8) is 0 Å². The van der Waals surface area contributed by atoms with Crippen LogP contribution in [0.4, 0.5) is 0 Å². The normalized spacial score (nSPS) is 16.8. The van der Waals surface area contributed by atoms with Gasteiger partial charge in [0.1, 0.15) is 11.4 Å². The second-order valence-electron chi connectivity index (χ2n) is 6.94. The zero-order valence-electron chi connectivity index (χ0n) is 14.2. The Morgan fingerprint density at radius 1 is 1.16 bits per heavy atom. The topological polar surface area (TPSA) is 58.0 Å². The molecule has 0 aliphatic carbocycles. The minimum absolute atomic E-state index is 0.463. The highest BCUT2D eigenvalue weighted by Gasteiger charge is 2.21. The van der Waals surface area contributed by atoms with Crippen molar-refractivity contribution in [3.05, 3.63) is 48.4 Å². The van der Waals surface area contributed by atoms with Crippen LogP contribution in [0, 0.1) is 0 Å². The number of fused-ring (bicyclic) bond motifs is 2. The number of benzene rings is 1. The van der Waals surface area contributed by atoms with Crippen LogP contribution in [0.2, 0.25) is 0 Å². The van der Waals surface area contributed by atoms with E-state index in [0.717, 1.165) is 65.2 Å². The maximum absolute atomic E-state index is 5.96. The number of rotatable bonds is 2. The van der Waals surface area contributed by atoms with Crippen LogP contribution in [0.5, 0.6) is 0 Å². The fourth-order valence-corrected chi connectivity index (χ4v) is 3.64. The predicted octanol–water partition coefficient (Wildman–Crippen LogP) is 4.18. The first-order valence-electron chi connectivity index (χ1n) is 8.79. The molecule has 1 aliphatic rings. The molecule has 4 aromatic rings. The lowest BCUT2D eigenvalue weighted by Gasteiger charge is -2.27. The van der Waals surface area contributed by atoms with Crippen molar-refractivity contribution in [1.82, 2.24) is 19.9 Å². The van der Waals surface area contributed by atoms with E-state index >= 15 is 0 Å². The van der Waals surface area contributed by atoms with Crippen LogP contribution in [0.1, 0.15) is 24.6 Å². The van der Waals surface area contributed by atoms with Gasteiger partial charge in [-0.05, 0) is 51.2 Å². The zero-order chi connectivity index (χ0) is 16.8. The third kappa shape index (κ3) is 2.61. The molecule has 1 N–H and O–H groups in total. The highest BCUT2D eigenvalue weighted by molar-refractivity contribution is 5.86. The maximum atomic E-state index is 5.96. The molecule has 0 saturated carbocycles. The summed E-state index contributed by atoms with van der Waals surface area (Å²) in [4.78, 5) is 15.2. The third-order valence-corrected chi connectivity index (χ3v) is 5.16. The standard InChI is InChI=1S/C20H20N4O/c1-24-8-6-13(7-9-24)20-21-12-17-15(23-20)11-16(22-17)19-10-14-4-2-3-5-18(14)25-19/h2-5,10-13,22H,6-9H2,1H3. The van der Waals surface area contributed by atoms with Gasteiger partial charge in [-0.2, -0.15) is 0 Å². The van der Waals surface area contributed by atoms with Crippen molar-refractivity contribution in [2.24, 2.45) is 0 Å². The summed E-state index contributed by atoms with van der Waals surface area (Å²) < 4.78 is 5.96. The minimum atomic E-state index is 0.463. The summed E-state index contributed by atoms with van der Waals surface area (Å²) in [7, 11) is 2.17. The first-order valence-corrected chi connectivity index (χ1v) is 8.79. The van der Waals surface area contributed by atoms with Crippen molar-refractivity contribution in [1.29, 1.82) is 0 Å². The summed E-state index contributed by atoms with van der Waals surface area (Å²) in [6.45, 7) is 2.23. The lowest BCUT2D eigenvalue weighted by atomic mass is 9.96. The maximum Gasteiger partial charge on any atom is 0.151 e. The summed E-state index contributed by atoms with van der Waals surface area (Å²) in [6.07, 6.45) is 4.16. The lowest BCUT2D eigenvalue weighted by molar-refractivity contribution is 0.251. The number of hydrogen-bond donors (Lipinski definition) is 1. The molecule has 25 heavy (non-hydrogen) atoms. The first kappa shape index (κ1) is 14.7. The highest BCUT2D eigenvalue weighted by Crippen LogP contribution is 2.30. The molecule has 0 bridgehead atoms. The summed E-state index contributed by atoms with van der Waals surface area (Å²) >= 11 is 0. The van der Waals surface area contributed by atoms with Crippen LogP contribution in [-0.4, -0.2) is 40.0 Å². The number of H-pyrrole nitrogens is 1. The number of piperidine rings is 1. The molecule has 5 rings (SSSR count). The van der Waals surface area contributed by atoms with Crippen LogP contribution < -0.4 is 0 Å². The first-order chi connectivity index (χ1) is 12.3. The van der Waals surface area contributed by atoms with Crippen molar-refractivity contribution >= 4 is 22.0 Å². The molecule has 5 heteroatoms. The number of para-hydroxylation sites is 1. The molecule has 0 amide bonds. The quantitative estimate of drug-likeness (QED) is 0.598. The molecule has 1 aliphatic heterocycles. The Morgan fingerprint density at radius 3 is 2.84 bits per heavy atom. The van der Waals surface area contributed by atoms with E-state index in [1.807, 2.05) is 24.4 Å².